The molecule has 1 aliphatic rings. The summed E-state index contributed by atoms with van der Waals surface area (Å²) in [6.45, 7) is 6.24. The lowest BCUT2D eigenvalue weighted by atomic mass is 9.95. The summed E-state index contributed by atoms with van der Waals surface area (Å²) in [6, 6.07) is 20.1. The fraction of sp³-hybridized carbons (Fsp3) is 0.381. The SMILES string of the molecule is CCN(C(=O)C(C)N1C[C@@H](N)[C@H](c2ccccc2)C1)c1ccccc1.Cl. The van der Waals surface area contributed by atoms with Gasteiger partial charge in [0.05, 0.1) is 6.04 Å². The molecular formula is C21H28ClN3O. The molecule has 1 unspecified atom stereocenters. The number of likely N-dealkylation sites (N-methyl/N-ethyl adjacent to an activating group) is 1. The van der Waals surface area contributed by atoms with Crippen LogP contribution in [0.4, 0.5) is 5.69 Å². The largest absolute Gasteiger partial charge is 0.326 e. The monoisotopic (exact) mass is 373 g/mol. The predicted octanol–water partition coefficient (Wildman–Crippen LogP) is 3.28. The van der Waals surface area contributed by atoms with Crippen LogP contribution in [0.5, 0.6) is 0 Å². The molecule has 1 amide bonds. The van der Waals surface area contributed by atoms with E-state index in [4.69, 9.17) is 5.73 Å². The summed E-state index contributed by atoms with van der Waals surface area (Å²) in [5.41, 5.74) is 8.60. The number of anilines is 1. The third kappa shape index (κ3) is 4.26. The molecule has 5 heteroatoms. The molecule has 1 aliphatic heterocycles. The van der Waals surface area contributed by atoms with Crippen molar-refractivity contribution in [3.63, 3.8) is 0 Å². The van der Waals surface area contributed by atoms with Crippen molar-refractivity contribution >= 4 is 24.0 Å². The quantitative estimate of drug-likeness (QED) is 0.875. The average molecular weight is 374 g/mol. The molecule has 140 valence electrons. The molecule has 0 saturated carbocycles. The van der Waals surface area contributed by atoms with Crippen LogP contribution < -0.4 is 10.6 Å². The Morgan fingerprint density at radius 3 is 2.27 bits per heavy atom. The van der Waals surface area contributed by atoms with Crippen LogP contribution in [0, 0.1) is 0 Å². The minimum Gasteiger partial charge on any atom is -0.326 e. The Balaban J connectivity index is 0.00000243. The summed E-state index contributed by atoms with van der Waals surface area (Å²) in [5, 5.41) is 0. The van der Waals surface area contributed by atoms with Crippen molar-refractivity contribution < 1.29 is 4.79 Å². The van der Waals surface area contributed by atoms with E-state index in [9.17, 15) is 4.79 Å². The van der Waals surface area contributed by atoms with Crippen LogP contribution in [0.15, 0.2) is 60.7 Å². The van der Waals surface area contributed by atoms with E-state index >= 15 is 0 Å². The highest BCUT2D eigenvalue weighted by atomic mass is 35.5. The maximum Gasteiger partial charge on any atom is 0.244 e. The van der Waals surface area contributed by atoms with Gasteiger partial charge in [-0.25, -0.2) is 0 Å². The van der Waals surface area contributed by atoms with Gasteiger partial charge < -0.3 is 10.6 Å². The fourth-order valence-electron chi connectivity index (χ4n) is 3.68. The van der Waals surface area contributed by atoms with Crippen molar-refractivity contribution in [1.29, 1.82) is 0 Å². The van der Waals surface area contributed by atoms with Crippen LogP contribution in [-0.4, -0.2) is 42.5 Å². The number of benzene rings is 2. The number of rotatable bonds is 5. The zero-order valence-corrected chi connectivity index (χ0v) is 16.2. The number of halogens is 1. The number of nitrogens with two attached hydrogens (primary N) is 1. The molecule has 2 aromatic rings. The van der Waals surface area contributed by atoms with E-state index in [1.54, 1.807) is 0 Å². The smallest absolute Gasteiger partial charge is 0.244 e. The number of hydrogen-bond donors (Lipinski definition) is 1. The number of carbonyl (C=O) groups is 1. The summed E-state index contributed by atoms with van der Waals surface area (Å²) in [4.78, 5) is 17.1. The Hall–Kier alpha value is -1.88. The summed E-state index contributed by atoms with van der Waals surface area (Å²) >= 11 is 0. The number of nitrogens with zero attached hydrogens (tertiary/aromatic N) is 2. The van der Waals surface area contributed by atoms with E-state index in [0.717, 1.165) is 18.8 Å². The Morgan fingerprint density at radius 2 is 1.69 bits per heavy atom. The van der Waals surface area contributed by atoms with Gasteiger partial charge in [-0.2, -0.15) is 0 Å². The molecule has 3 rings (SSSR count). The van der Waals surface area contributed by atoms with Gasteiger partial charge in [-0.05, 0) is 31.5 Å². The third-order valence-corrected chi connectivity index (χ3v) is 5.18. The summed E-state index contributed by atoms with van der Waals surface area (Å²) < 4.78 is 0. The van der Waals surface area contributed by atoms with E-state index in [-0.39, 0.29) is 36.3 Å². The minimum atomic E-state index is -0.181. The first kappa shape index (κ1) is 20.4. The van der Waals surface area contributed by atoms with Gasteiger partial charge >= 0.3 is 0 Å². The van der Waals surface area contributed by atoms with E-state index in [2.05, 4.69) is 17.0 Å². The second kappa shape index (κ2) is 9.17. The summed E-state index contributed by atoms with van der Waals surface area (Å²) in [6.07, 6.45) is 0. The molecule has 1 saturated heterocycles. The van der Waals surface area contributed by atoms with E-state index in [1.165, 1.54) is 5.56 Å². The average Bonchev–Trinajstić information content (AvgIpc) is 3.05. The normalized spacial score (nSPS) is 21.0. The lowest BCUT2D eigenvalue weighted by Crippen LogP contribution is -2.47. The lowest BCUT2D eigenvalue weighted by molar-refractivity contribution is -0.122. The molecule has 1 fully saturated rings. The van der Waals surface area contributed by atoms with Gasteiger partial charge in [0.2, 0.25) is 5.91 Å². The first-order valence-electron chi connectivity index (χ1n) is 9.02. The van der Waals surface area contributed by atoms with Crippen LogP contribution in [0.2, 0.25) is 0 Å². The standard InChI is InChI=1S/C21H27N3O.ClH/c1-3-24(18-12-8-5-9-13-18)21(25)16(2)23-14-19(20(22)15-23)17-10-6-4-7-11-17;/h4-13,16,19-20H,3,14-15,22H2,1-2H3;1H/t16?,19-,20+;/m0./s1. The van der Waals surface area contributed by atoms with Crippen molar-refractivity contribution in [2.24, 2.45) is 5.73 Å². The van der Waals surface area contributed by atoms with Gasteiger partial charge in [-0.3, -0.25) is 9.69 Å². The van der Waals surface area contributed by atoms with E-state index in [1.807, 2.05) is 67.3 Å². The van der Waals surface area contributed by atoms with Gasteiger partial charge in [0.25, 0.3) is 0 Å². The number of hydrogen-bond acceptors (Lipinski definition) is 3. The molecule has 1 heterocycles. The summed E-state index contributed by atoms with van der Waals surface area (Å²) in [5.74, 6) is 0.415. The maximum absolute atomic E-state index is 13.1. The van der Waals surface area contributed by atoms with Gasteiger partial charge in [0.15, 0.2) is 0 Å². The number of likely N-dealkylation sites (tertiary alicyclic amines) is 1. The second-order valence-corrected chi connectivity index (χ2v) is 6.73. The zero-order chi connectivity index (χ0) is 17.8. The zero-order valence-electron chi connectivity index (χ0n) is 15.4. The molecule has 0 bridgehead atoms. The molecule has 2 N–H and O–H groups in total. The summed E-state index contributed by atoms with van der Waals surface area (Å²) in [7, 11) is 0. The van der Waals surface area contributed by atoms with Crippen LogP contribution in [0.1, 0.15) is 25.3 Å². The van der Waals surface area contributed by atoms with Crippen LogP contribution in [0.3, 0.4) is 0 Å². The highest BCUT2D eigenvalue weighted by Gasteiger charge is 2.36. The van der Waals surface area contributed by atoms with Crippen molar-refractivity contribution in [3.05, 3.63) is 66.2 Å². The van der Waals surface area contributed by atoms with Crippen LogP contribution in [-0.2, 0) is 4.79 Å². The Bertz CT molecular complexity index is 695. The van der Waals surface area contributed by atoms with Gasteiger partial charge in [-0.1, -0.05) is 48.5 Å². The molecule has 0 radical (unpaired) electrons. The van der Waals surface area contributed by atoms with Gasteiger partial charge in [-0.15, -0.1) is 12.4 Å². The molecular weight excluding hydrogens is 346 g/mol. The highest BCUT2D eigenvalue weighted by Crippen LogP contribution is 2.28. The van der Waals surface area contributed by atoms with Crippen molar-refractivity contribution in [2.75, 3.05) is 24.5 Å². The minimum absolute atomic E-state index is 0. The second-order valence-electron chi connectivity index (χ2n) is 6.73. The Kier molecular flexibility index (Phi) is 7.21. The van der Waals surface area contributed by atoms with E-state index in [0.29, 0.717) is 6.54 Å². The molecule has 2 aromatic carbocycles. The van der Waals surface area contributed by atoms with Crippen LogP contribution >= 0.6 is 12.4 Å². The van der Waals surface area contributed by atoms with Crippen molar-refractivity contribution in [2.45, 2.75) is 31.8 Å². The number of para-hydroxylation sites is 1. The number of carbonyl (C=O) groups excluding carboxylic acids is 1. The van der Waals surface area contributed by atoms with Gasteiger partial charge in [0, 0.05) is 37.3 Å². The molecule has 4 nitrogen and oxygen atoms in total. The third-order valence-electron chi connectivity index (χ3n) is 5.18. The topological polar surface area (TPSA) is 49.6 Å². The fourth-order valence-corrected chi connectivity index (χ4v) is 3.68. The lowest BCUT2D eigenvalue weighted by Gasteiger charge is -2.30. The molecule has 0 aliphatic carbocycles. The molecule has 3 atom stereocenters. The maximum atomic E-state index is 13.1. The Morgan fingerprint density at radius 1 is 1.12 bits per heavy atom. The van der Waals surface area contributed by atoms with Gasteiger partial charge in [0.1, 0.15) is 0 Å². The molecule has 26 heavy (non-hydrogen) atoms. The molecule has 0 spiro atoms. The number of amides is 1. The predicted molar refractivity (Wildman–Crippen MR) is 110 cm³/mol. The van der Waals surface area contributed by atoms with Crippen molar-refractivity contribution in [1.82, 2.24) is 4.90 Å². The van der Waals surface area contributed by atoms with Crippen LogP contribution in [0.25, 0.3) is 0 Å². The first-order chi connectivity index (χ1) is 12.1. The van der Waals surface area contributed by atoms with Crippen molar-refractivity contribution in [3.8, 4) is 0 Å². The van der Waals surface area contributed by atoms with E-state index < -0.39 is 0 Å². The Labute approximate surface area is 162 Å². The first-order valence-corrected chi connectivity index (χ1v) is 9.02. The molecule has 0 aromatic heterocycles. The highest BCUT2D eigenvalue weighted by molar-refractivity contribution is 5.96.